The quantitative estimate of drug-likeness (QED) is 0.156. The Labute approximate surface area is 330 Å². The molecule has 0 fully saturated rings. The van der Waals surface area contributed by atoms with Crippen molar-refractivity contribution in [2.75, 3.05) is 0 Å². The fourth-order valence-electron chi connectivity index (χ4n) is 9.51. The number of benzene rings is 11. The summed E-state index contributed by atoms with van der Waals surface area (Å²) in [6, 6.07) is 78.4. The zero-order valence-corrected chi connectivity index (χ0v) is 31.2. The van der Waals surface area contributed by atoms with Gasteiger partial charge < -0.3 is 4.57 Å². The van der Waals surface area contributed by atoms with Crippen LogP contribution in [0.3, 0.4) is 0 Å². The van der Waals surface area contributed by atoms with Crippen molar-refractivity contribution in [3.63, 3.8) is 0 Å². The molecule has 11 aromatic carbocycles. The average Bonchev–Trinajstić information content (AvgIpc) is 3.63. The molecule has 12 aromatic rings. The van der Waals surface area contributed by atoms with E-state index in [4.69, 9.17) is 0 Å². The summed E-state index contributed by atoms with van der Waals surface area (Å²) in [7, 11) is 0. The van der Waals surface area contributed by atoms with E-state index in [1.807, 2.05) is 0 Å². The van der Waals surface area contributed by atoms with Gasteiger partial charge in [0, 0.05) is 16.5 Å². The maximum Gasteiger partial charge on any atom is 0.0553 e. The molecule has 0 saturated heterocycles. The van der Waals surface area contributed by atoms with Crippen LogP contribution in [0.2, 0.25) is 0 Å². The average molecular weight is 722 g/mol. The monoisotopic (exact) mass is 721 g/mol. The molecule has 0 unspecified atom stereocenters. The molecule has 0 aliphatic rings. The van der Waals surface area contributed by atoms with E-state index in [-0.39, 0.29) is 0 Å². The van der Waals surface area contributed by atoms with E-state index < -0.39 is 0 Å². The van der Waals surface area contributed by atoms with Crippen LogP contribution in [-0.4, -0.2) is 4.57 Å². The summed E-state index contributed by atoms with van der Waals surface area (Å²) in [4.78, 5) is 0. The largest absolute Gasteiger partial charge is 0.309 e. The molecule has 57 heavy (non-hydrogen) atoms. The second kappa shape index (κ2) is 12.5. The van der Waals surface area contributed by atoms with Gasteiger partial charge in [-0.25, -0.2) is 0 Å². The van der Waals surface area contributed by atoms with Crippen LogP contribution in [0, 0.1) is 0 Å². The van der Waals surface area contributed by atoms with Crippen molar-refractivity contribution in [2.45, 2.75) is 0 Å². The van der Waals surface area contributed by atoms with Gasteiger partial charge in [0.05, 0.1) is 11.0 Å². The van der Waals surface area contributed by atoms with E-state index in [2.05, 4.69) is 217 Å². The third kappa shape index (κ3) is 4.96. The van der Waals surface area contributed by atoms with Crippen molar-refractivity contribution in [2.24, 2.45) is 0 Å². The standard InChI is InChI=1S/C56H35N/c1-4-15-36(16-5-1)40-30-41(37-17-6-2-7-18-37)32-42(31-40)49-34-51-48-25-13-11-23-46(48)50(35-52(51)47-24-12-10-22-45(47)49)43-29-39-28-27-38-19-14-26-53-55(38)56(39)54(33-43)57(53)44-20-8-3-9-21-44/h1-35H. The van der Waals surface area contributed by atoms with Gasteiger partial charge in [0.15, 0.2) is 0 Å². The molecule has 1 heterocycles. The van der Waals surface area contributed by atoms with Gasteiger partial charge in [-0.3, -0.25) is 0 Å². The summed E-state index contributed by atoms with van der Waals surface area (Å²) in [5, 5.41) is 12.7. The molecule has 0 spiro atoms. The normalized spacial score (nSPS) is 11.9. The topological polar surface area (TPSA) is 4.93 Å². The summed E-state index contributed by atoms with van der Waals surface area (Å²) in [6.07, 6.45) is 0. The van der Waals surface area contributed by atoms with Gasteiger partial charge in [0.2, 0.25) is 0 Å². The molecule has 264 valence electrons. The van der Waals surface area contributed by atoms with Crippen molar-refractivity contribution in [3.8, 4) is 50.2 Å². The fraction of sp³-hybridized carbons (Fsp3) is 0. The Kier molecular flexibility index (Phi) is 7.00. The first-order valence-electron chi connectivity index (χ1n) is 19.8. The molecular weight excluding hydrogens is 687 g/mol. The molecule has 0 atom stereocenters. The highest BCUT2D eigenvalue weighted by Gasteiger charge is 2.20. The highest BCUT2D eigenvalue weighted by Crippen LogP contribution is 2.46. The fourth-order valence-corrected chi connectivity index (χ4v) is 9.51. The van der Waals surface area contributed by atoms with E-state index in [0.717, 1.165) is 0 Å². The zero-order valence-electron chi connectivity index (χ0n) is 31.2. The molecule has 0 aliphatic carbocycles. The highest BCUT2D eigenvalue weighted by atomic mass is 15.0. The Hall–Kier alpha value is -7.48. The molecule has 1 heteroatoms. The lowest BCUT2D eigenvalue weighted by Crippen LogP contribution is -1.94. The molecule has 0 amide bonds. The number of nitrogens with zero attached hydrogens (tertiary/aromatic N) is 1. The molecule has 0 saturated carbocycles. The zero-order chi connectivity index (χ0) is 37.5. The minimum absolute atomic E-state index is 1.17. The minimum atomic E-state index is 1.17. The summed E-state index contributed by atoms with van der Waals surface area (Å²) in [5.41, 5.74) is 13.4. The van der Waals surface area contributed by atoms with Gasteiger partial charge in [0.25, 0.3) is 0 Å². The van der Waals surface area contributed by atoms with E-state index in [0.29, 0.717) is 0 Å². The lowest BCUT2D eigenvalue weighted by atomic mass is 9.86. The van der Waals surface area contributed by atoms with Gasteiger partial charge in [-0.2, -0.15) is 0 Å². The maximum absolute atomic E-state index is 2.46. The van der Waals surface area contributed by atoms with Crippen LogP contribution in [0.1, 0.15) is 0 Å². The van der Waals surface area contributed by atoms with Crippen molar-refractivity contribution in [1.29, 1.82) is 0 Å². The third-order valence-electron chi connectivity index (χ3n) is 12.1. The van der Waals surface area contributed by atoms with Gasteiger partial charge in [0.1, 0.15) is 0 Å². The number of hydrogen-bond acceptors (Lipinski definition) is 0. The van der Waals surface area contributed by atoms with Crippen LogP contribution in [0.4, 0.5) is 0 Å². The van der Waals surface area contributed by atoms with Crippen LogP contribution < -0.4 is 0 Å². The Balaban J connectivity index is 1.14. The van der Waals surface area contributed by atoms with Crippen molar-refractivity contribution >= 4 is 64.9 Å². The predicted octanol–water partition coefficient (Wildman–Crippen LogP) is 15.5. The van der Waals surface area contributed by atoms with E-state index in [9.17, 15) is 0 Å². The second-order valence-electron chi connectivity index (χ2n) is 15.3. The van der Waals surface area contributed by atoms with Gasteiger partial charge >= 0.3 is 0 Å². The smallest absolute Gasteiger partial charge is 0.0553 e. The lowest BCUT2D eigenvalue weighted by Gasteiger charge is -2.18. The summed E-state index contributed by atoms with van der Waals surface area (Å²) >= 11 is 0. The number of rotatable bonds is 5. The molecule has 0 bridgehead atoms. The van der Waals surface area contributed by atoms with E-state index in [1.54, 1.807) is 0 Å². The Bertz CT molecular complexity index is 3430. The van der Waals surface area contributed by atoms with Crippen LogP contribution in [0.5, 0.6) is 0 Å². The number of hydrogen-bond donors (Lipinski definition) is 0. The van der Waals surface area contributed by atoms with Crippen LogP contribution in [-0.2, 0) is 0 Å². The number of aromatic nitrogens is 1. The summed E-state index contributed by atoms with van der Waals surface area (Å²) < 4.78 is 2.45. The van der Waals surface area contributed by atoms with Gasteiger partial charge in [-0.15, -0.1) is 0 Å². The maximum atomic E-state index is 2.46. The first-order chi connectivity index (χ1) is 28.3. The van der Waals surface area contributed by atoms with Crippen molar-refractivity contribution in [1.82, 2.24) is 4.57 Å². The third-order valence-corrected chi connectivity index (χ3v) is 12.1. The highest BCUT2D eigenvalue weighted by molar-refractivity contribution is 6.27. The molecule has 0 aliphatic heterocycles. The summed E-state index contributed by atoms with van der Waals surface area (Å²) in [6.45, 7) is 0. The Morgan fingerprint density at radius 3 is 1.32 bits per heavy atom. The van der Waals surface area contributed by atoms with Crippen LogP contribution >= 0.6 is 0 Å². The molecule has 12 rings (SSSR count). The predicted molar refractivity (Wildman–Crippen MR) is 244 cm³/mol. The van der Waals surface area contributed by atoms with Crippen molar-refractivity contribution in [3.05, 3.63) is 212 Å². The van der Waals surface area contributed by atoms with Crippen LogP contribution in [0.15, 0.2) is 212 Å². The lowest BCUT2D eigenvalue weighted by molar-refractivity contribution is 1.18. The van der Waals surface area contributed by atoms with Crippen LogP contribution in [0.25, 0.3) is 115 Å². The van der Waals surface area contributed by atoms with Crippen molar-refractivity contribution < 1.29 is 0 Å². The van der Waals surface area contributed by atoms with E-state index in [1.165, 1.54) is 115 Å². The van der Waals surface area contributed by atoms with E-state index >= 15 is 0 Å². The SMILES string of the molecule is c1ccc(-c2cc(-c3ccccc3)cc(-c3cc4c5ccccc5c(-c5cc6ccc7cccc8c7c6c(c5)n8-c5ccccc5)cc4c4ccccc34)c2)cc1. The van der Waals surface area contributed by atoms with Gasteiger partial charge in [-0.1, -0.05) is 152 Å². The number of para-hydroxylation sites is 1. The molecular formula is C56H35N. The first kappa shape index (κ1) is 31.8. The Morgan fingerprint density at radius 1 is 0.246 bits per heavy atom. The first-order valence-corrected chi connectivity index (χ1v) is 19.8. The molecule has 1 nitrogen and oxygen atoms in total. The Morgan fingerprint density at radius 2 is 0.719 bits per heavy atom. The van der Waals surface area contributed by atoms with Gasteiger partial charge in [-0.05, 0) is 148 Å². The summed E-state index contributed by atoms with van der Waals surface area (Å²) in [5.74, 6) is 0. The molecule has 0 radical (unpaired) electrons. The minimum Gasteiger partial charge on any atom is -0.309 e. The molecule has 1 aromatic heterocycles. The molecule has 0 N–H and O–H groups in total. The number of fused-ring (bicyclic) bond motifs is 5. The second-order valence-corrected chi connectivity index (χ2v) is 15.3.